The zero-order chi connectivity index (χ0) is 20.6. The zero-order valence-electron chi connectivity index (χ0n) is 17.0. The standard InChI is InChI=1S/C23H28N4O2/c1-23(7-4-8-23)26-13-16-10-18-19(20(28)11-16)14-27(22(18)29)17-6-3-5-15(9-17)12-21(24)25-2/h3,5-6,9-11,26,28H,4,7-8,12-14H2,1-2H3,(H2,24,25). The molecule has 6 nitrogen and oxygen atoms in total. The number of carbonyl (C=O) groups is 1. The summed E-state index contributed by atoms with van der Waals surface area (Å²) in [5.74, 6) is 0.654. The van der Waals surface area contributed by atoms with Crippen LogP contribution in [0.3, 0.4) is 0 Å². The SMILES string of the molecule is CN=C(N)Cc1cccc(N2Cc3c(O)cc(CNC4(C)CCC4)cc3C2=O)c1. The molecule has 1 fully saturated rings. The first-order chi connectivity index (χ1) is 13.9. The Morgan fingerprint density at radius 2 is 2.07 bits per heavy atom. The van der Waals surface area contributed by atoms with Crippen molar-refractivity contribution in [2.75, 3.05) is 11.9 Å². The molecule has 2 aromatic carbocycles. The molecule has 4 N–H and O–H groups in total. The predicted octanol–water partition coefficient (Wildman–Crippen LogP) is 3.11. The van der Waals surface area contributed by atoms with E-state index in [9.17, 15) is 9.90 Å². The first-order valence-electron chi connectivity index (χ1n) is 10.1. The second-order valence-corrected chi connectivity index (χ2v) is 8.36. The van der Waals surface area contributed by atoms with Gasteiger partial charge in [0.25, 0.3) is 5.91 Å². The third-order valence-corrected chi connectivity index (χ3v) is 6.15. The second kappa shape index (κ2) is 7.52. The number of hydrogen-bond donors (Lipinski definition) is 3. The van der Waals surface area contributed by atoms with Crippen LogP contribution in [0.2, 0.25) is 0 Å². The van der Waals surface area contributed by atoms with E-state index >= 15 is 0 Å². The molecule has 0 atom stereocenters. The van der Waals surface area contributed by atoms with Gasteiger partial charge in [-0.05, 0) is 61.6 Å². The number of benzene rings is 2. The number of amidine groups is 1. The van der Waals surface area contributed by atoms with Gasteiger partial charge in [0.2, 0.25) is 0 Å². The van der Waals surface area contributed by atoms with Crippen LogP contribution in [-0.2, 0) is 19.5 Å². The van der Waals surface area contributed by atoms with Crippen molar-refractivity contribution < 1.29 is 9.90 Å². The highest BCUT2D eigenvalue weighted by Gasteiger charge is 2.33. The van der Waals surface area contributed by atoms with Crippen LogP contribution in [0.5, 0.6) is 5.75 Å². The van der Waals surface area contributed by atoms with Gasteiger partial charge in [-0.15, -0.1) is 0 Å². The number of carbonyl (C=O) groups excluding carboxylic acids is 1. The largest absolute Gasteiger partial charge is 0.508 e. The van der Waals surface area contributed by atoms with Gasteiger partial charge in [0.05, 0.1) is 12.4 Å². The first-order valence-corrected chi connectivity index (χ1v) is 10.1. The maximum absolute atomic E-state index is 13.1. The summed E-state index contributed by atoms with van der Waals surface area (Å²) in [5, 5.41) is 14.1. The van der Waals surface area contributed by atoms with E-state index in [1.807, 2.05) is 30.3 Å². The molecule has 0 aromatic heterocycles. The van der Waals surface area contributed by atoms with E-state index in [0.29, 0.717) is 36.5 Å². The fraction of sp³-hybridized carbons (Fsp3) is 0.391. The van der Waals surface area contributed by atoms with E-state index in [-0.39, 0.29) is 17.2 Å². The van der Waals surface area contributed by atoms with E-state index in [4.69, 9.17) is 5.73 Å². The van der Waals surface area contributed by atoms with Gasteiger partial charge in [0.15, 0.2) is 0 Å². The molecule has 2 aromatic rings. The monoisotopic (exact) mass is 392 g/mol. The Balaban J connectivity index is 1.55. The minimum absolute atomic E-state index is 0.0821. The molecule has 2 aliphatic rings. The van der Waals surface area contributed by atoms with Gasteiger partial charge in [0, 0.05) is 42.4 Å². The van der Waals surface area contributed by atoms with Gasteiger partial charge < -0.3 is 21.1 Å². The summed E-state index contributed by atoms with van der Waals surface area (Å²) >= 11 is 0. The molecular formula is C23H28N4O2. The molecule has 1 heterocycles. The number of nitrogens with zero attached hydrogens (tertiary/aromatic N) is 2. The highest BCUT2D eigenvalue weighted by atomic mass is 16.3. The Morgan fingerprint density at radius 1 is 1.28 bits per heavy atom. The molecule has 1 aliphatic heterocycles. The molecule has 1 aliphatic carbocycles. The van der Waals surface area contributed by atoms with Gasteiger partial charge >= 0.3 is 0 Å². The van der Waals surface area contributed by atoms with E-state index in [1.54, 1.807) is 18.0 Å². The van der Waals surface area contributed by atoms with Gasteiger partial charge in [-0.3, -0.25) is 9.79 Å². The Hall–Kier alpha value is -2.86. The highest BCUT2D eigenvalue weighted by Crippen LogP contribution is 2.36. The summed E-state index contributed by atoms with van der Waals surface area (Å²) in [6.45, 7) is 3.24. The van der Waals surface area contributed by atoms with Crippen molar-refractivity contribution in [2.45, 2.75) is 51.2 Å². The zero-order valence-corrected chi connectivity index (χ0v) is 17.0. The van der Waals surface area contributed by atoms with E-state index < -0.39 is 0 Å². The van der Waals surface area contributed by atoms with E-state index in [1.165, 1.54) is 19.3 Å². The average molecular weight is 393 g/mol. The van der Waals surface area contributed by atoms with Crippen LogP contribution in [0.4, 0.5) is 5.69 Å². The van der Waals surface area contributed by atoms with Crippen LogP contribution in [0.15, 0.2) is 41.4 Å². The third kappa shape index (κ3) is 3.85. The van der Waals surface area contributed by atoms with Gasteiger partial charge in [-0.25, -0.2) is 0 Å². The Kier molecular flexibility index (Phi) is 5.04. The topological polar surface area (TPSA) is 90.9 Å². The summed E-state index contributed by atoms with van der Waals surface area (Å²) in [6, 6.07) is 11.4. The van der Waals surface area contributed by atoms with Crippen LogP contribution in [0.1, 0.15) is 53.2 Å². The first kappa shape index (κ1) is 19.5. The molecular weight excluding hydrogens is 364 g/mol. The van der Waals surface area contributed by atoms with Crippen LogP contribution < -0.4 is 16.0 Å². The van der Waals surface area contributed by atoms with Crippen molar-refractivity contribution in [1.82, 2.24) is 5.32 Å². The maximum Gasteiger partial charge on any atom is 0.259 e. The lowest BCUT2D eigenvalue weighted by atomic mass is 9.78. The lowest BCUT2D eigenvalue weighted by Crippen LogP contribution is -2.47. The normalized spacial score (nSPS) is 17.9. The second-order valence-electron chi connectivity index (χ2n) is 8.36. The summed E-state index contributed by atoms with van der Waals surface area (Å²) < 4.78 is 0. The van der Waals surface area contributed by atoms with E-state index in [2.05, 4.69) is 17.2 Å². The number of nitrogens with one attached hydrogen (secondary N) is 1. The van der Waals surface area contributed by atoms with Crippen molar-refractivity contribution in [3.05, 3.63) is 58.7 Å². The number of rotatable bonds is 6. The summed E-state index contributed by atoms with van der Waals surface area (Å²) in [5.41, 5.74) is 10.0. The molecule has 0 spiro atoms. The number of fused-ring (bicyclic) bond motifs is 1. The molecule has 152 valence electrons. The molecule has 1 saturated carbocycles. The fourth-order valence-electron chi connectivity index (χ4n) is 4.08. The Labute approximate surface area is 171 Å². The number of phenolic OH excluding ortho intramolecular Hbond substituents is 1. The van der Waals surface area contributed by atoms with Crippen molar-refractivity contribution in [1.29, 1.82) is 0 Å². The molecule has 0 saturated heterocycles. The summed E-state index contributed by atoms with van der Waals surface area (Å²) in [6.07, 6.45) is 4.13. The number of hydrogen-bond acceptors (Lipinski definition) is 4. The number of anilines is 1. The van der Waals surface area contributed by atoms with Crippen molar-refractivity contribution in [3.63, 3.8) is 0 Å². The average Bonchev–Trinajstić information content (AvgIpc) is 3.02. The minimum Gasteiger partial charge on any atom is -0.508 e. The number of phenols is 1. The summed E-state index contributed by atoms with van der Waals surface area (Å²) in [4.78, 5) is 18.8. The predicted molar refractivity (Wildman–Crippen MR) is 115 cm³/mol. The van der Waals surface area contributed by atoms with E-state index in [0.717, 1.165) is 16.8 Å². The lowest BCUT2D eigenvalue weighted by Gasteiger charge is -2.39. The Bertz CT molecular complexity index is 979. The lowest BCUT2D eigenvalue weighted by molar-refractivity contribution is 0.0996. The van der Waals surface area contributed by atoms with Crippen molar-refractivity contribution >= 4 is 17.4 Å². The minimum atomic E-state index is -0.0821. The molecule has 1 amide bonds. The van der Waals surface area contributed by atoms with Crippen LogP contribution in [-0.4, -0.2) is 29.4 Å². The molecule has 0 bridgehead atoms. The van der Waals surface area contributed by atoms with Crippen LogP contribution in [0.25, 0.3) is 0 Å². The maximum atomic E-state index is 13.1. The number of aromatic hydroxyl groups is 1. The van der Waals surface area contributed by atoms with Crippen molar-refractivity contribution in [3.8, 4) is 5.75 Å². The number of amides is 1. The molecule has 6 heteroatoms. The molecule has 0 radical (unpaired) electrons. The van der Waals surface area contributed by atoms with Gasteiger partial charge in [0.1, 0.15) is 5.75 Å². The quantitative estimate of drug-likeness (QED) is 0.520. The number of aliphatic imine (C=N–C) groups is 1. The summed E-state index contributed by atoms with van der Waals surface area (Å²) in [7, 11) is 1.67. The smallest absolute Gasteiger partial charge is 0.259 e. The molecule has 0 unspecified atom stereocenters. The van der Waals surface area contributed by atoms with Crippen molar-refractivity contribution in [2.24, 2.45) is 10.7 Å². The highest BCUT2D eigenvalue weighted by molar-refractivity contribution is 6.10. The third-order valence-electron chi connectivity index (χ3n) is 6.15. The van der Waals surface area contributed by atoms with Gasteiger partial charge in [-0.1, -0.05) is 12.1 Å². The Morgan fingerprint density at radius 3 is 2.76 bits per heavy atom. The van der Waals surface area contributed by atoms with Crippen LogP contribution in [0, 0.1) is 0 Å². The fourth-order valence-corrected chi connectivity index (χ4v) is 4.08. The molecule has 29 heavy (non-hydrogen) atoms. The number of nitrogens with two attached hydrogens (primary N) is 1. The van der Waals surface area contributed by atoms with Crippen LogP contribution >= 0.6 is 0 Å². The van der Waals surface area contributed by atoms with Gasteiger partial charge in [-0.2, -0.15) is 0 Å². The molecule has 4 rings (SSSR count).